The normalized spacial score (nSPS) is 14.6. The number of carbonyl (C=O) groups is 2. The molecular weight excluding hydrogens is 374 g/mol. The highest BCUT2D eigenvalue weighted by Gasteiger charge is 2.18. The number of nitrogens with zero attached hydrogens (tertiary/aromatic N) is 3. The van der Waals surface area contributed by atoms with E-state index in [0.29, 0.717) is 22.8 Å². The Hall–Kier alpha value is -2.35. The van der Waals surface area contributed by atoms with Crippen molar-refractivity contribution in [2.75, 3.05) is 11.1 Å². The summed E-state index contributed by atoms with van der Waals surface area (Å²) in [6.45, 7) is 2.00. The molecule has 1 aromatic heterocycles. The molecule has 1 heterocycles. The van der Waals surface area contributed by atoms with Gasteiger partial charge in [-0.3, -0.25) is 9.59 Å². The number of aryl methyl sites for hydroxylation is 1. The third-order valence-corrected chi connectivity index (χ3v) is 5.90. The molecule has 8 heteroatoms. The highest BCUT2D eigenvalue weighted by Crippen LogP contribution is 2.19. The van der Waals surface area contributed by atoms with E-state index in [0.717, 1.165) is 24.1 Å². The van der Waals surface area contributed by atoms with Crippen LogP contribution in [0.1, 0.15) is 43.5 Å². The molecule has 1 saturated carbocycles. The van der Waals surface area contributed by atoms with Crippen molar-refractivity contribution in [3.05, 3.63) is 35.7 Å². The molecular formula is C20H27N5O2S. The Balaban J connectivity index is 1.48. The molecule has 0 radical (unpaired) electrons. The summed E-state index contributed by atoms with van der Waals surface area (Å²) >= 11 is 1.34. The predicted molar refractivity (Wildman–Crippen MR) is 110 cm³/mol. The minimum absolute atomic E-state index is 0.0264. The molecule has 2 N–H and O–H groups in total. The van der Waals surface area contributed by atoms with Crippen LogP contribution in [-0.4, -0.2) is 38.4 Å². The molecule has 0 atom stereocenters. The fraction of sp³-hybridized carbons (Fsp3) is 0.500. The number of thioether (sulfide) groups is 1. The molecule has 0 saturated heterocycles. The Bertz CT molecular complexity index is 813. The number of hydrogen-bond acceptors (Lipinski definition) is 5. The number of anilines is 1. The predicted octanol–water partition coefficient (Wildman–Crippen LogP) is 2.85. The van der Waals surface area contributed by atoms with Crippen LogP contribution in [0.3, 0.4) is 0 Å². The molecule has 0 aliphatic heterocycles. The van der Waals surface area contributed by atoms with Crippen molar-refractivity contribution in [1.82, 2.24) is 20.1 Å². The topological polar surface area (TPSA) is 88.9 Å². The maximum atomic E-state index is 12.3. The van der Waals surface area contributed by atoms with E-state index in [2.05, 4.69) is 20.8 Å². The fourth-order valence-corrected chi connectivity index (χ4v) is 4.00. The van der Waals surface area contributed by atoms with Gasteiger partial charge in [-0.15, -0.1) is 10.2 Å². The van der Waals surface area contributed by atoms with Gasteiger partial charge in [0.1, 0.15) is 5.82 Å². The van der Waals surface area contributed by atoms with Crippen molar-refractivity contribution in [2.24, 2.45) is 7.05 Å². The van der Waals surface area contributed by atoms with E-state index in [1.54, 1.807) is 4.57 Å². The molecule has 0 bridgehead atoms. The molecule has 3 rings (SSSR count). The lowest BCUT2D eigenvalue weighted by Crippen LogP contribution is -2.37. The monoisotopic (exact) mass is 401 g/mol. The maximum absolute atomic E-state index is 12.3. The van der Waals surface area contributed by atoms with Crippen molar-refractivity contribution in [3.8, 4) is 0 Å². The first-order chi connectivity index (χ1) is 13.5. The third-order valence-electron chi connectivity index (χ3n) is 4.88. The van der Waals surface area contributed by atoms with Crippen molar-refractivity contribution < 1.29 is 9.59 Å². The lowest BCUT2D eigenvalue weighted by Gasteiger charge is -2.22. The minimum atomic E-state index is -0.147. The summed E-state index contributed by atoms with van der Waals surface area (Å²) in [6.07, 6.45) is 5.92. The van der Waals surface area contributed by atoms with Gasteiger partial charge in [0, 0.05) is 18.8 Å². The van der Waals surface area contributed by atoms with Crippen LogP contribution in [0, 0.1) is 6.92 Å². The first-order valence-corrected chi connectivity index (χ1v) is 10.7. The zero-order valence-electron chi connectivity index (χ0n) is 16.4. The molecule has 0 spiro atoms. The number of hydrogen-bond donors (Lipinski definition) is 2. The summed E-state index contributed by atoms with van der Waals surface area (Å²) in [5, 5.41) is 14.8. The molecule has 1 fully saturated rings. The van der Waals surface area contributed by atoms with Gasteiger partial charge in [0.2, 0.25) is 11.8 Å². The van der Waals surface area contributed by atoms with E-state index in [-0.39, 0.29) is 18.2 Å². The molecule has 1 aromatic carbocycles. The van der Waals surface area contributed by atoms with Crippen LogP contribution >= 0.6 is 11.8 Å². The summed E-state index contributed by atoms with van der Waals surface area (Å²) in [6, 6.07) is 7.95. The second kappa shape index (κ2) is 9.73. The lowest BCUT2D eigenvalue weighted by atomic mass is 9.95. The van der Waals surface area contributed by atoms with Gasteiger partial charge >= 0.3 is 0 Å². The molecule has 1 aliphatic carbocycles. The van der Waals surface area contributed by atoms with Crippen LogP contribution in [0.4, 0.5) is 5.69 Å². The van der Waals surface area contributed by atoms with Crippen LogP contribution in [0.25, 0.3) is 0 Å². The summed E-state index contributed by atoms with van der Waals surface area (Å²) < 4.78 is 1.77. The van der Waals surface area contributed by atoms with Crippen LogP contribution in [0.2, 0.25) is 0 Å². The van der Waals surface area contributed by atoms with Crippen molar-refractivity contribution >= 4 is 29.3 Å². The van der Waals surface area contributed by atoms with Crippen LogP contribution in [-0.2, 0) is 23.1 Å². The van der Waals surface area contributed by atoms with Gasteiger partial charge < -0.3 is 15.2 Å². The number of rotatable bonds is 7. The molecule has 7 nitrogen and oxygen atoms in total. The zero-order chi connectivity index (χ0) is 19.9. The Morgan fingerprint density at radius 3 is 2.54 bits per heavy atom. The summed E-state index contributed by atoms with van der Waals surface area (Å²) in [5.41, 5.74) is 1.90. The van der Waals surface area contributed by atoms with E-state index in [1.807, 2.05) is 38.2 Å². The zero-order valence-corrected chi connectivity index (χ0v) is 17.2. The SMILES string of the molecule is Cc1ccc(NC(=O)Cc2nnc(SCC(=O)NC3CCCCC3)n2C)cc1. The Kier molecular flexibility index (Phi) is 7.08. The average molecular weight is 402 g/mol. The largest absolute Gasteiger partial charge is 0.353 e. The van der Waals surface area contributed by atoms with Crippen molar-refractivity contribution in [3.63, 3.8) is 0 Å². The summed E-state index contributed by atoms with van der Waals surface area (Å²) in [5.74, 6) is 0.752. The van der Waals surface area contributed by atoms with Crippen molar-refractivity contribution in [2.45, 2.75) is 56.6 Å². The molecule has 2 amide bonds. The number of benzene rings is 1. The van der Waals surface area contributed by atoms with Crippen LogP contribution in [0.5, 0.6) is 0 Å². The molecule has 1 aliphatic rings. The maximum Gasteiger partial charge on any atom is 0.232 e. The van der Waals surface area contributed by atoms with Gasteiger partial charge in [0.15, 0.2) is 5.16 Å². The molecule has 0 unspecified atom stereocenters. The summed E-state index contributed by atoms with van der Waals surface area (Å²) in [7, 11) is 1.82. The first-order valence-electron chi connectivity index (χ1n) is 9.68. The second-order valence-electron chi connectivity index (χ2n) is 7.24. The lowest BCUT2D eigenvalue weighted by molar-refractivity contribution is -0.119. The Morgan fingerprint density at radius 2 is 1.82 bits per heavy atom. The van der Waals surface area contributed by atoms with Crippen LogP contribution < -0.4 is 10.6 Å². The summed E-state index contributed by atoms with van der Waals surface area (Å²) in [4.78, 5) is 24.4. The van der Waals surface area contributed by atoms with Gasteiger partial charge in [0.05, 0.1) is 12.2 Å². The van der Waals surface area contributed by atoms with E-state index in [9.17, 15) is 9.59 Å². The van der Waals surface area contributed by atoms with Gasteiger partial charge in [-0.25, -0.2) is 0 Å². The highest BCUT2D eigenvalue weighted by molar-refractivity contribution is 7.99. The first kappa shape index (κ1) is 20.4. The second-order valence-corrected chi connectivity index (χ2v) is 8.18. The minimum Gasteiger partial charge on any atom is -0.353 e. The smallest absolute Gasteiger partial charge is 0.232 e. The van der Waals surface area contributed by atoms with Gasteiger partial charge in [-0.1, -0.05) is 48.7 Å². The standard InChI is InChI=1S/C20H27N5O2S/c1-14-8-10-16(11-9-14)21-18(26)12-17-23-24-20(25(17)2)28-13-19(27)22-15-6-4-3-5-7-15/h8-11,15H,3-7,12-13H2,1-2H3,(H,21,26)(H,22,27). The molecule has 150 valence electrons. The van der Waals surface area contributed by atoms with E-state index in [4.69, 9.17) is 0 Å². The number of aromatic nitrogens is 3. The molecule has 2 aromatic rings. The van der Waals surface area contributed by atoms with Crippen LogP contribution in [0.15, 0.2) is 29.4 Å². The quantitative estimate of drug-likeness (QED) is 0.697. The Morgan fingerprint density at radius 1 is 1.11 bits per heavy atom. The third kappa shape index (κ3) is 5.82. The molecule has 28 heavy (non-hydrogen) atoms. The number of nitrogens with one attached hydrogen (secondary N) is 2. The van der Waals surface area contributed by atoms with Gasteiger partial charge in [0.25, 0.3) is 0 Å². The van der Waals surface area contributed by atoms with Crippen molar-refractivity contribution in [1.29, 1.82) is 0 Å². The van der Waals surface area contributed by atoms with E-state index in [1.165, 1.54) is 31.0 Å². The number of amides is 2. The average Bonchev–Trinajstić information content (AvgIpc) is 3.02. The fourth-order valence-electron chi connectivity index (χ4n) is 3.26. The van der Waals surface area contributed by atoms with E-state index < -0.39 is 0 Å². The van der Waals surface area contributed by atoms with Gasteiger partial charge in [-0.05, 0) is 31.9 Å². The van der Waals surface area contributed by atoms with Gasteiger partial charge in [-0.2, -0.15) is 0 Å². The number of carbonyl (C=O) groups excluding carboxylic acids is 2. The van der Waals surface area contributed by atoms with E-state index >= 15 is 0 Å². The highest BCUT2D eigenvalue weighted by atomic mass is 32.2. The Labute approximate surface area is 169 Å².